The molecule has 1 aliphatic carbocycles. The maximum atomic E-state index is 12.6. The summed E-state index contributed by atoms with van der Waals surface area (Å²) in [4.78, 5) is 30.2. The van der Waals surface area contributed by atoms with Crippen molar-refractivity contribution in [2.24, 2.45) is 0 Å². The van der Waals surface area contributed by atoms with Crippen molar-refractivity contribution in [2.45, 2.75) is 38.9 Å². The summed E-state index contributed by atoms with van der Waals surface area (Å²) in [6.45, 7) is 0.431. The third-order valence-corrected chi connectivity index (χ3v) is 5.89. The summed E-state index contributed by atoms with van der Waals surface area (Å²) >= 11 is 1.25. The number of pyridine rings is 1. The zero-order chi connectivity index (χ0) is 21.5. The van der Waals surface area contributed by atoms with Gasteiger partial charge in [-0.15, -0.1) is 11.3 Å². The second-order valence-corrected chi connectivity index (χ2v) is 8.39. The molecule has 5 nitrogen and oxygen atoms in total. The summed E-state index contributed by atoms with van der Waals surface area (Å²) in [5.41, 5.74) is 2.98. The standard InChI is InChI=1S/C21H18F3N3O2S/c1-12-17(15-8-7-13-4-2-5-14(13)10-15)25-20(30-12)26-18(28)16-6-3-9-27(19(16)29)11-21(22,23)24/h3,6-10H,2,4-5,11H2,1H3,(H,25,26,28). The summed E-state index contributed by atoms with van der Waals surface area (Å²) in [5, 5.41) is 2.84. The number of amides is 1. The first-order valence-electron chi connectivity index (χ1n) is 9.38. The van der Waals surface area contributed by atoms with Gasteiger partial charge in [0.25, 0.3) is 11.5 Å². The Morgan fingerprint density at radius 2 is 2.00 bits per heavy atom. The van der Waals surface area contributed by atoms with Crippen LogP contribution >= 0.6 is 11.3 Å². The van der Waals surface area contributed by atoms with E-state index in [1.165, 1.54) is 34.6 Å². The molecule has 0 radical (unpaired) electrons. The molecule has 156 valence electrons. The lowest BCUT2D eigenvalue weighted by molar-refractivity contribution is -0.141. The summed E-state index contributed by atoms with van der Waals surface area (Å²) in [7, 11) is 0. The van der Waals surface area contributed by atoms with E-state index < -0.39 is 24.2 Å². The second-order valence-electron chi connectivity index (χ2n) is 7.19. The predicted octanol–water partition coefficient (Wildman–Crippen LogP) is 4.58. The predicted molar refractivity (Wildman–Crippen MR) is 109 cm³/mol. The fraction of sp³-hybridized carbons (Fsp3) is 0.286. The number of aromatic nitrogens is 2. The third-order valence-electron chi connectivity index (χ3n) is 5.00. The van der Waals surface area contributed by atoms with Gasteiger partial charge in [0.05, 0.1) is 5.69 Å². The normalized spacial score (nSPS) is 13.3. The molecule has 1 aromatic carbocycles. The van der Waals surface area contributed by atoms with Crippen molar-refractivity contribution in [3.63, 3.8) is 0 Å². The highest BCUT2D eigenvalue weighted by atomic mass is 32.1. The lowest BCUT2D eigenvalue weighted by Gasteiger charge is -2.10. The molecule has 0 unspecified atom stereocenters. The maximum absolute atomic E-state index is 12.6. The van der Waals surface area contributed by atoms with E-state index in [1.54, 1.807) is 0 Å². The van der Waals surface area contributed by atoms with Crippen LogP contribution < -0.4 is 10.9 Å². The number of aryl methyl sites for hydroxylation is 3. The van der Waals surface area contributed by atoms with Crippen molar-refractivity contribution in [3.05, 3.63) is 68.4 Å². The number of fused-ring (bicyclic) bond motifs is 1. The van der Waals surface area contributed by atoms with Crippen LogP contribution in [-0.4, -0.2) is 21.6 Å². The molecule has 1 aliphatic rings. The molecule has 0 saturated heterocycles. The molecular weight excluding hydrogens is 415 g/mol. The van der Waals surface area contributed by atoms with Gasteiger partial charge in [0.2, 0.25) is 0 Å². The number of nitrogens with zero attached hydrogens (tertiary/aromatic N) is 2. The Morgan fingerprint density at radius 3 is 2.77 bits per heavy atom. The molecule has 0 atom stereocenters. The highest BCUT2D eigenvalue weighted by Crippen LogP contribution is 2.33. The van der Waals surface area contributed by atoms with Crippen LogP contribution in [0.5, 0.6) is 0 Å². The van der Waals surface area contributed by atoms with Crippen molar-refractivity contribution in [2.75, 3.05) is 5.32 Å². The molecule has 0 aliphatic heterocycles. The van der Waals surface area contributed by atoms with Crippen LogP contribution in [0, 0.1) is 6.92 Å². The SMILES string of the molecule is Cc1sc(NC(=O)c2cccn(CC(F)(F)F)c2=O)nc1-c1ccc2c(c1)CCC2. The van der Waals surface area contributed by atoms with Gasteiger partial charge in [-0.05, 0) is 55.5 Å². The minimum atomic E-state index is -4.56. The zero-order valence-corrected chi connectivity index (χ0v) is 16.9. The topological polar surface area (TPSA) is 64.0 Å². The molecule has 0 fully saturated rings. The molecule has 1 amide bonds. The van der Waals surface area contributed by atoms with Gasteiger partial charge in [-0.25, -0.2) is 4.98 Å². The monoisotopic (exact) mass is 433 g/mol. The smallest absolute Gasteiger partial charge is 0.306 e. The van der Waals surface area contributed by atoms with Crippen LogP contribution in [0.4, 0.5) is 18.3 Å². The summed E-state index contributed by atoms with van der Waals surface area (Å²) in [6.07, 6.45) is -0.300. The average Bonchev–Trinajstić information content (AvgIpc) is 3.27. The van der Waals surface area contributed by atoms with Gasteiger partial charge in [0.1, 0.15) is 12.1 Å². The van der Waals surface area contributed by atoms with E-state index in [0.717, 1.165) is 41.6 Å². The molecule has 0 bridgehead atoms. The van der Waals surface area contributed by atoms with Crippen LogP contribution in [0.1, 0.15) is 32.8 Å². The number of alkyl halides is 3. The van der Waals surface area contributed by atoms with Gasteiger partial charge in [-0.3, -0.25) is 14.9 Å². The Balaban J connectivity index is 1.57. The van der Waals surface area contributed by atoms with Crippen LogP contribution in [0.3, 0.4) is 0 Å². The largest absolute Gasteiger partial charge is 0.406 e. The Morgan fingerprint density at radius 1 is 1.23 bits per heavy atom. The summed E-state index contributed by atoms with van der Waals surface area (Å²) in [6, 6.07) is 8.66. The Bertz CT molecular complexity index is 1180. The number of thiazole rings is 1. The van der Waals surface area contributed by atoms with Crippen molar-refractivity contribution < 1.29 is 18.0 Å². The lowest BCUT2D eigenvalue weighted by atomic mass is 10.0. The quantitative estimate of drug-likeness (QED) is 0.655. The van der Waals surface area contributed by atoms with Gasteiger partial charge in [-0.1, -0.05) is 12.1 Å². The highest BCUT2D eigenvalue weighted by molar-refractivity contribution is 7.16. The molecule has 3 aromatic rings. The molecular formula is C21H18F3N3O2S. The van der Waals surface area contributed by atoms with Crippen LogP contribution in [-0.2, 0) is 19.4 Å². The first-order valence-corrected chi connectivity index (χ1v) is 10.2. The van der Waals surface area contributed by atoms with Crippen molar-refractivity contribution in [1.29, 1.82) is 0 Å². The van der Waals surface area contributed by atoms with Crippen molar-refractivity contribution in [1.82, 2.24) is 9.55 Å². The minimum Gasteiger partial charge on any atom is -0.306 e. The number of carbonyl (C=O) groups is 1. The van der Waals surface area contributed by atoms with E-state index in [9.17, 15) is 22.8 Å². The third kappa shape index (κ3) is 4.16. The first-order chi connectivity index (χ1) is 14.2. The summed E-state index contributed by atoms with van der Waals surface area (Å²) < 4.78 is 38.3. The molecule has 30 heavy (non-hydrogen) atoms. The van der Waals surface area contributed by atoms with Crippen LogP contribution in [0.15, 0.2) is 41.3 Å². The Kier molecular flexibility index (Phi) is 5.23. The number of benzene rings is 1. The van der Waals surface area contributed by atoms with Crippen molar-refractivity contribution in [3.8, 4) is 11.3 Å². The van der Waals surface area contributed by atoms with Gasteiger partial charge >= 0.3 is 6.18 Å². The second kappa shape index (κ2) is 7.71. The number of nitrogens with one attached hydrogen (secondary N) is 1. The maximum Gasteiger partial charge on any atom is 0.406 e. The zero-order valence-electron chi connectivity index (χ0n) is 16.0. The molecule has 0 spiro atoms. The van der Waals surface area contributed by atoms with E-state index in [-0.39, 0.29) is 5.56 Å². The first kappa shape index (κ1) is 20.3. The fourth-order valence-corrected chi connectivity index (χ4v) is 4.46. The van der Waals surface area contributed by atoms with Crippen LogP contribution in [0.25, 0.3) is 11.3 Å². The van der Waals surface area contributed by atoms with E-state index in [1.807, 2.05) is 13.0 Å². The number of anilines is 1. The molecule has 0 saturated carbocycles. The van der Waals surface area contributed by atoms with Crippen LogP contribution in [0.2, 0.25) is 0 Å². The van der Waals surface area contributed by atoms with Gasteiger partial charge in [0, 0.05) is 16.6 Å². The van der Waals surface area contributed by atoms with E-state index in [4.69, 9.17) is 0 Å². The average molecular weight is 433 g/mol. The van der Waals surface area contributed by atoms with Gasteiger partial charge < -0.3 is 4.57 Å². The van der Waals surface area contributed by atoms with E-state index in [2.05, 4.69) is 22.4 Å². The van der Waals surface area contributed by atoms with Gasteiger partial charge in [-0.2, -0.15) is 13.2 Å². The number of hydrogen-bond donors (Lipinski definition) is 1. The number of hydrogen-bond acceptors (Lipinski definition) is 4. The summed E-state index contributed by atoms with van der Waals surface area (Å²) in [5.74, 6) is -0.786. The Hall–Kier alpha value is -2.94. The van der Waals surface area contributed by atoms with E-state index >= 15 is 0 Å². The molecule has 4 rings (SSSR count). The highest BCUT2D eigenvalue weighted by Gasteiger charge is 2.29. The number of rotatable bonds is 4. The lowest BCUT2D eigenvalue weighted by Crippen LogP contribution is -2.32. The minimum absolute atomic E-state index is 0.290. The number of carbonyl (C=O) groups excluding carboxylic acids is 1. The molecule has 9 heteroatoms. The molecule has 2 aromatic heterocycles. The Labute approximate surface area is 174 Å². The fourth-order valence-electron chi connectivity index (χ4n) is 3.63. The molecule has 1 N–H and O–H groups in total. The van der Waals surface area contributed by atoms with E-state index in [0.29, 0.717) is 9.70 Å². The van der Waals surface area contributed by atoms with Crippen molar-refractivity contribution >= 4 is 22.4 Å². The van der Waals surface area contributed by atoms with Gasteiger partial charge in [0.15, 0.2) is 5.13 Å². The molecule has 2 heterocycles. The number of halogens is 3.